The molecule has 0 radical (unpaired) electrons. The SMILES string of the molecule is Cc1cccc(C)c1-c1ccnc2cc(OC(C)C(=O)N3CCC[C@H](N)C3)ccc12. The molecule has 2 atom stereocenters. The van der Waals surface area contributed by atoms with Crippen molar-refractivity contribution < 1.29 is 9.53 Å². The number of amides is 1. The minimum atomic E-state index is -0.561. The Bertz CT molecular complexity index is 1060. The van der Waals surface area contributed by atoms with Crippen LogP contribution in [0.4, 0.5) is 0 Å². The Labute approximate surface area is 177 Å². The zero-order valence-corrected chi connectivity index (χ0v) is 17.9. The third-order valence-electron chi connectivity index (χ3n) is 5.89. The summed E-state index contributed by atoms with van der Waals surface area (Å²) in [7, 11) is 0. The molecule has 1 aliphatic rings. The normalized spacial score (nSPS) is 17.7. The fourth-order valence-corrected chi connectivity index (χ4v) is 4.38. The molecule has 1 amide bonds. The van der Waals surface area contributed by atoms with Crippen LogP contribution in [0.2, 0.25) is 0 Å². The van der Waals surface area contributed by atoms with E-state index < -0.39 is 6.10 Å². The molecule has 1 saturated heterocycles. The fourth-order valence-electron chi connectivity index (χ4n) is 4.38. The molecule has 1 aliphatic heterocycles. The second-order valence-corrected chi connectivity index (χ2v) is 8.25. The Hall–Kier alpha value is -2.92. The van der Waals surface area contributed by atoms with Gasteiger partial charge < -0.3 is 15.4 Å². The number of piperidine rings is 1. The fraction of sp³-hybridized carbons (Fsp3) is 0.360. The maximum absolute atomic E-state index is 12.8. The summed E-state index contributed by atoms with van der Waals surface area (Å²) in [5.74, 6) is 0.637. The van der Waals surface area contributed by atoms with Gasteiger partial charge in [-0.3, -0.25) is 9.78 Å². The van der Waals surface area contributed by atoms with Gasteiger partial charge in [-0.2, -0.15) is 0 Å². The molecule has 2 aromatic carbocycles. The van der Waals surface area contributed by atoms with Crippen LogP contribution in [-0.2, 0) is 4.79 Å². The molecule has 0 saturated carbocycles. The minimum absolute atomic E-state index is 0.0116. The number of carbonyl (C=O) groups excluding carboxylic acids is 1. The van der Waals surface area contributed by atoms with Crippen LogP contribution in [-0.4, -0.2) is 41.0 Å². The predicted octanol–water partition coefficient (Wildman–Crippen LogP) is 4.24. The number of fused-ring (bicyclic) bond motifs is 1. The molecular formula is C25H29N3O2. The van der Waals surface area contributed by atoms with E-state index in [-0.39, 0.29) is 11.9 Å². The van der Waals surface area contributed by atoms with E-state index in [4.69, 9.17) is 10.5 Å². The molecule has 3 aromatic rings. The van der Waals surface area contributed by atoms with Crippen molar-refractivity contribution in [2.45, 2.75) is 45.8 Å². The number of benzene rings is 2. The number of nitrogens with zero attached hydrogens (tertiary/aromatic N) is 2. The molecule has 5 nitrogen and oxygen atoms in total. The van der Waals surface area contributed by atoms with Crippen LogP contribution in [0.25, 0.3) is 22.0 Å². The van der Waals surface area contributed by atoms with Crippen molar-refractivity contribution in [1.82, 2.24) is 9.88 Å². The van der Waals surface area contributed by atoms with Crippen molar-refractivity contribution >= 4 is 16.8 Å². The van der Waals surface area contributed by atoms with Gasteiger partial charge in [0.05, 0.1) is 5.52 Å². The zero-order valence-electron chi connectivity index (χ0n) is 17.9. The Morgan fingerprint density at radius 2 is 1.97 bits per heavy atom. The number of likely N-dealkylation sites (tertiary alicyclic amines) is 1. The maximum Gasteiger partial charge on any atom is 0.263 e. The predicted molar refractivity (Wildman–Crippen MR) is 121 cm³/mol. The van der Waals surface area contributed by atoms with E-state index in [1.165, 1.54) is 16.7 Å². The van der Waals surface area contributed by atoms with Gasteiger partial charge in [-0.25, -0.2) is 0 Å². The monoisotopic (exact) mass is 403 g/mol. The number of aromatic nitrogens is 1. The van der Waals surface area contributed by atoms with Crippen molar-refractivity contribution in [2.24, 2.45) is 5.73 Å². The quantitative estimate of drug-likeness (QED) is 0.708. The van der Waals surface area contributed by atoms with Gasteiger partial charge in [0.25, 0.3) is 5.91 Å². The van der Waals surface area contributed by atoms with Gasteiger partial charge in [0.1, 0.15) is 5.75 Å². The first kappa shape index (κ1) is 20.4. The van der Waals surface area contributed by atoms with Gasteiger partial charge in [-0.15, -0.1) is 0 Å². The highest BCUT2D eigenvalue weighted by Gasteiger charge is 2.26. The van der Waals surface area contributed by atoms with E-state index in [1.807, 2.05) is 29.3 Å². The third-order valence-corrected chi connectivity index (χ3v) is 5.89. The molecule has 1 unspecified atom stereocenters. The largest absolute Gasteiger partial charge is 0.481 e. The van der Waals surface area contributed by atoms with E-state index in [0.29, 0.717) is 12.3 Å². The first-order chi connectivity index (χ1) is 14.4. The molecule has 1 fully saturated rings. The van der Waals surface area contributed by atoms with E-state index in [2.05, 4.69) is 43.1 Å². The summed E-state index contributed by atoms with van der Waals surface area (Å²) in [6.45, 7) is 7.41. The number of nitrogens with two attached hydrogens (primary N) is 1. The molecule has 2 N–H and O–H groups in total. The van der Waals surface area contributed by atoms with Crippen LogP contribution in [0.15, 0.2) is 48.7 Å². The van der Waals surface area contributed by atoms with Gasteiger partial charge in [0.2, 0.25) is 0 Å². The van der Waals surface area contributed by atoms with Crippen LogP contribution in [0.3, 0.4) is 0 Å². The highest BCUT2D eigenvalue weighted by atomic mass is 16.5. The second-order valence-electron chi connectivity index (χ2n) is 8.25. The van der Waals surface area contributed by atoms with E-state index >= 15 is 0 Å². The molecular weight excluding hydrogens is 374 g/mol. The van der Waals surface area contributed by atoms with Gasteiger partial charge in [-0.1, -0.05) is 18.2 Å². The Morgan fingerprint density at radius 3 is 2.70 bits per heavy atom. The summed E-state index contributed by atoms with van der Waals surface area (Å²) >= 11 is 0. The average Bonchev–Trinajstić information content (AvgIpc) is 2.73. The van der Waals surface area contributed by atoms with E-state index in [0.717, 1.165) is 35.9 Å². The van der Waals surface area contributed by atoms with E-state index in [1.54, 1.807) is 6.92 Å². The Balaban J connectivity index is 1.59. The third kappa shape index (κ3) is 4.03. The maximum atomic E-state index is 12.8. The highest BCUT2D eigenvalue weighted by molar-refractivity contribution is 5.96. The number of hydrogen-bond acceptors (Lipinski definition) is 4. The van der Waals surface area contributed by atoms with Crippen molar-refractivity contribution in [3.63, 3.8) is 0 Å². The second kappa shape index (κ2) is 8.44. The summed E-state index contributed by atoms with van der Waals surface area (Å²) in [6, 6.07) is 14.3. The zero-order chi connectivity index (χ0) is 21.3. The smallest absolute Gasteiger partial charge is 0.263 e. The molecule has 0 aliphatic carbocycles. The Kier molecular flexibility index (Phi) is 5.73. The number of pyridine rings is 1. The van der Waals surface area contributed by atoms with Gasteiger partial charge in [0.15, 0.2) is 6.10 Å². The molecule has 30 heavy (non-hydrogen) atoms. The topological polar surface area (TPSA) is 68.5 Å². The molecule has 0 spiro atoms. The molecule has 2 heterocycles. The molecule has 4 rings (SSSR count). The summed E-state index contributed by atoms with van der Waals surface area (Å²) in [4.78, 5) is 19.1. The molecule has 1 aromatic heterocycles. The lowest BCUT2D eigenvalue weighted by Crippen LogP contribution is -2.49. The Morgan fingerprint density at radius 1 is 1.20 bits per heavy atom. The lowest BCUT2D eigenvalue weighted by Gasteiger charge is -2.32. The van der Waals surface area contributed by atoms with E-state index in [9.17, 15) is 4.79 Å². The number of ether oxygens (including phenoxy) is 1. The summed E-state index contributed by atoms with van der Waals surface area (Å²) in [5, 5.41) is 1.07. The van der Waals surface area contributed by atoms with Gasteiger partial charge >= 0.3 is 0 Å². The molecule has 5 heteroatoms. The van der Waals surface area contributed by atoms with Crippen LogP contribution >= 0.6 is 0 Å². The summed E-state index contributed by atoms with van der Waals surface area (Å²) < 4.78 is 5.99. The van der Waals surface area contributed by atoms with Crippen LogP contribution in [0.1, 0.15) is 30.9 Å². The lowest BCUT2D eigenvalue weighted by molar-refractivity contribution is -0.139. The summed E-state index contributed by atoms with van der Waals surface area (Å²) in [5.41, 5.74) is 11.7. The van der Waals surface area contributed by atoms with Crippen molar-refractivity contribution in [3.8, 4) is 16.9 Å². The standard InChI is InChI=1S/C25H29N3O2/c1-16-6-4-7-17(2)24(16)22-11-12-27-23-14-20(9-10-21(22)23)30-18(3)25(29)28-13-5-8-19(26)15-28/h4,6-7,9-12,14,18-19H,5,8,13,15,26H2,1-3H3/t18?,19-/m0/s1. The van der Waals surface area contributed by atoms with Crippen molar-refractivity contribution in [2.75, 3.05) is 13.1 Å². The highest BCUT2D eigenvalue weighted by Crippen LogP contribution is 2.33. The number of aryl methyl sites for hydroxylation is 2. The number of rotatable bonds is 4. The average molecular weight is 404 g/mol. The first-order valence-corrected chi connectivity index (χ1v) is 10.6. The van der Waals surface area contributed by atoms with Gasteiger partial charge in [0, 0.05) is 36.8 Å². The van der Waals surface area contributed by atoms with Crippen LogP contribution in [0, 0.1) is 13.8 Å². The van der Waals surface area contributed by atoms with Crippen molar-refractivity contribution in [1.29, 1.82) is 0 Å². The minimum Gasteiger partial charge on any atom is -0.481 e. The molecule has 156 valence electrons. The van der Waals surface area contributed by atoms with Crippen molar-refractivity contribution in [3.05, 3.63) is 59.8 Å². The van der Waals surface area contributed by atoms with Gasteiger partial charge in [-0.05, 0) is 74.1 Å². The number of carbonyl (C=O) groups is 1. The summed E-state index contributed by atoms with van der Waals surface area (Å²) in [6.07, 6.45) is 3.19. The first-order valence-electron chi connectivity index (χ1n) is 10.6. The van der Waals surface area contributed by atoms with Crippen LogP contribution < -0.4 is 10.5 Å². The molecule has 0 bridgehead atoms. The lowest BCUT2D eigenvalue weighted by atomic mass is 9.93. The number of hydrogen-bond donors (Lipinski definition) is 1. The van der Waals surface area contributed by atoms with Crippen LogP contribution in [0.5, 0.6) is 5.75 Å².